The van der Waals surface area contributed by atoms with Gasteiger partial charge in [0, 0.05) is 23.5 Å². The van der Waals surface area contributed by atoms with Gasteiger partial charge in [0.15, 0.2) is 11.9 Å². The van der Waals surface area contributed by atoms with E-state index < -0.39 is 35.8 Å². The van der Waals surface area contributed by atoms with Crippen LogP contribution in [0.3, 0.4) is 0 Å². The molecule has 0 aliphatic rings. The van der Waals surface area contributed by atoms with Crippen LogP contribution in [0.5, 0.6) is 0 Å². The van der Waals surface area contributed by atoms with Gasteiger partial charge in [-0.2, -0.15) is 0 Å². The number of amides is 1. The largest absolute Gasteiger partial charge is 0.451 e. The molecule has 1 heterocycles. The average molecular weight is 359 g/mol. The van der Waals surface area contributed by atoms with E-state index >= 15 is 0 Å². The van der Waals surface area contributed by atoms with Gasteiger partial charge in [-0.1, -0.05) is 0 Å². The first-order valence-electron chi connectivity index (χ1n) is 7.67. The number of anilines is 1. The third-order valence-corrected chi connectivity index (χ3v) is 3.43. The Morgan fingerprint density at radius 2 is 1.81 bits per heavy atom. The summed E-state index contributed by atoms with van der Waals surface area (Å²) in [6.07, 6.45) is 0.0532. The molecule has 2 N–H and O–H groups in total. The van der Waals surface area contributed by atoms with Crippen LogP contribution in [0.1, 0.15) is 24.2 Å². The lowest BCUT2D eigenvalue weighted by Crippen LogP contribution is -2.34. The molecule has 0 bridgehead atoms. The SMILES string of the molecule is CC(=O)c1ccc(NC(=O)[C@@H](C)OC(=O)Cn2ccc(=O)[nH]c2=O)cc1. The predicted octanol–water partition coefficient (Wildman–Crippen LogP) is 0.310. The maximum atomic E-state index is 12.1. The van der Waals surface area contributed by atoms with E-state index in [9.17, 15) is 24.0 Å². The van der Waals surface area contributed by atoms with Crippen molar-refractivity contribution in [3.8, 4) is 0 Å². The maximum absolute atomic E-state index is 12.1. The molecule has 1 aromatic carbocycles. The number of hydrogen-bond acceptors (Lipinski definition) is 6. The number of carbonyl (C=O) groups excluding carboxylic acids is 3. The Labute approximate surface area is 147 Å². The van der Waals surface area contributed by atoms with Crippen LogP contribution in [-0.2, 0) is 20.9 Å². The van der Waals surface area contributed by atoms with Crippen LogP contribution in [-0.4, -0.2) is 33.3 Å². The smallest absolute Gasteiger partial charge is 0.328 e. The number of rotatable bonds is 6. The number of Topliss-reactive ketones (excluding diaryl/α,β-unsaturated/α-hetero) is 1. The van der Waals surface area contributed by atoms with Crippen molar-refractivity contribution in [1.82, 2.24) is 9.55 Å². The van der Waals surface area contributed by atoms with E-state index in [4.69, 9.17) is 4.74 Å². The predicted molar refractivity (Wildman–Crippen MR) is 92.0 cm³/mol. The summed E-state index contributed by atoms with van der Waals surface area (Å²) in [7, 11) is 0. The van der Waals surface area contributed by atoms with Crippen molar-refractivity contribution in [2.75, 3.05) is 5.32 Å². The number of ether oxygens (including phenoxy) is 1. The van der Waals surface area contributed by atoms with E-state index in [0.29, 0.717) is 11.3 Å². The van der Waals surface area contributed by atoms with Gasteiger partial charge < -0.3 is 10.1 Å². The van der Waals surface area contributed by atoms with Gasteiger partial charge in [0.25, 0.3) is 11.5 Å². The lowest BCUT2D eigenvalue weighted by atomic mass is 10.1. The van der Waals surface area contributed by atoms with Gasteiger partial charge in [-0.15, -0.1) is 0 Å². The highest BCUT2D eigenvalue weighted by molar-refractivity contribution is 5.97. The van der Waals surface area contributed by atoms with Gasteiger partial charge in [0.05, 0.1) is 0 Å². The summed E-state index contributed by atoms with van der Waals surface area (Å²) in [5.74, 6) is -1.47. The van der Waals surface area contributed by atoms with Gasteiger partial charge in [-0.25, -0.2) is 4.79 Å². The molecule has 136 valence electrons. The minimum absolute atomic E-state index is 0.0947. The van der Waals surface area contributed by atoms with Gasteiger partial charge in [-0.3, -0.25) is 28.7 Å². The molecular weight excluding hydrogens is 342 g/mol. The van der Waals surface area contributed by atoms with Crippen LogP contribution in [0, 0.1) is 0 Å². The normalized spacial score (nSPS) is 11.5. The number of nitrogens with zero attached hydrogens (tertiary/aromatic N) is 1. The molecule has 9 heteroatoms. The third-order valence-electron chi connectivity index (χ3n) is 3.43. The summed E-state index contributed by atoms with van der Waals surface area (Å²) in [5.41, 5.74) is -0.381. The second-order valence-corrected chi connectivity index (χ2v) is 5.49. The summed E-state index contributed by atoms with van der Waals surface area (Å²) >= 11 is 0. The number of benzene rings is 1. The molecule has 2 rings (SSSR count). The second kappa shape index (κ2) is 8.06. The summed E-state index contributed by atoms with van der Waals surface area (Å²) < 4.78 is 5.93. The molecular formula is C17H17N3O6. The Bertz CT molecular complexity index is 942. The highest BCUT2D eigenvalue weighted by Crippen LogP contribution is 2.11. The first-order valence-corrected chi connectivity index (χ1v) is 7.67. The maximum Gasteiger partial charge on any atom is 0.328 e. The summed E-state index contributed by atoms with van der Waals surface area (Å²) in [6, 6.07) is 7.34. The van der Waals surface area contributed by atoms with E-state index in [1.807, 2.05) is 4.98 Å². The van der Waals surface area contributed by atoms with Gasteiger partial charge >= 0.3 is 11.7 Å². The molecule has 9 nitrogen and oxygen atoms in total. The Hall–Kier alpha value is -3.49. The minimum Gasteiger partial charge on any atom is -0.451 e. The molecule has 0 aliphatic carbocycles. The van der Waals surface area contributed by atoms with Crippen LogP contribution < -0.4 is 16.6 Å². The Balaban J connectivity index is 1.93. The van der Waals surface area contributed by atoms with Crippen LogP contribution in [0.2, 0.25) is 0 Å². The minimum atomic E-state index is -1.10. The number of aromatic nitrogens is 2. The second-order valence-electron chi connectivity index (χ2n) is 5.49. The van der Waals surface area contributed by atoms with Crippen molar-refractivity contribution in [3.05, 3.63) is 62.9 Å². The number of hydrogen-bond donors (Lipinski definition) is 2. The van der Waals surface area contributed by atoms with Crippen molar-refractivity contribution in [3.63, 3.8) is 0 Å². The molecule has 0 saturated carbocycles. The molecule has 26 heavy (non-hydrogen) atoms. The van der Waals surface area contributed by atoms with Crippen molar-refractivity contribution < 1.29 is 19.1 Å². The number of nitrogens with one attached hydrogen (secondary N) is 2. The molecule has 0 spiro atoms. The van der Waals surface area contributed by atoms with E-state index in [1.54, 1.807) is 24.3 Å². The standard InChI is InChI=1S/C17H17N3O6/c1-10(21)12-3-5-13(6-4-12)18-16(24)11(2)26-15(23)9-20-8-7-14(22)19-17(20)25/h3-8,11H,9H2,1-2H3,(H,18,24)(H,19,22,25)/t11-/m1/s1. The third kappa shape index (κ3) is 5.00. The Morgan fingerprint density at radius 1 is 1.15 bits per heavy atom. The molecule has 2 aromatic rings. The van der Waals surface area contributed by atoms with Gasteiger partial charge in [0.1, 0.15) is 6.54 Å². The first kappa shape index (κ1) is 18.8. The number of H-pyrrole nitrogens is 1. The van der Waals surface area contributed by atoms with E-state index in [2.05, 4.69) is 5.32 Å². The fourth-order valence-electron chi connectivity index (χ4n) is 2.03. The van der Waals surface area contributed by atoms with E-state index in [1.165, 1.54) is 13.8 Å². The van der Waals surface area contributed by atoms with Crippen LogP contribution in [0.4, 0.5) is 5.69 Å². The van der Waals surface area contributed by atoms with Crippen LogP contribution in [0.15, 0.2) is 46.1 Å². The van der Waals surface area contributed by atoms with Crippen molar-refractivity contribution in [1.29, 1.82) is 0 Å². The number of esters is 1. The molecule has 0 aliphatic heterocycles. The van der Waals surface area contributed by atoms with E-state index in [0.717, 1.165) is 16.8 Å². The van der Waals surface area contributed by atoms with E-state index in [-0.39, 0.29) is 5.78 Å². The summed E-state index contributed by atoms with van der Waals surface area (Å²) in [6.45, 7) is 2.37. The van der Waals surface area contributed by atoms with Crippen LogP contribution >= 0.6 is 0 Å². The fourth-order valence-corrected chi connectivity index (χ4v) is 2.03. The lowest BCUT2D eigenvalue weighted by molar-refractivity contribution is -0.153. The molecule has 1 atom stereocenters. The van der Waals surface area contributed by atoms with Crippen molar-refractivity contribution >= 4 is 23.3 Å². The monoisotopic (exact) mass is 359 g/mol. The number of aromatic amines is 1. The zero-order chi connectivity index (χ0) is 19.3. The van der Waals surface area contributed by atoms with Gasteiger partial charge in [-0.05, 0) is 38.1 Å². The zero-order valence-electron chi connectivity index (χ0n) is 14.1. The average Bonchev–Trinajstić information content (AvgIpc) is 2.57. The quantitative estimate of drug-likeness (QED) is 0.564. The highest BCUT2D eigenvalue weighted by Gasteiger charge is 2.18. The first-order chi connectivity index (χ1) is 12.3. The number of carbonyl (C=O) groups is 3. The zero-order valence-corrected chi connectivity index (χ0v) is 14.1. The lowest BCUT2D eigenvalue weighted by Gasteiger charge is -2.14. The fraction of sp³-hybridized carbons (Fsp3) is 0.235. The number of ketones is 1. The molecule has 1 amide bonds. The summed E-state index contributed by atoms with van der Waals surface area (Å²) in [5, 5.41) is 2.55. The summed E-state index contributed by atoms with van der Waals surface area (Å²) in [4.78, 5) is 59.6. The molecule has 0 radical (unpaired) electrons. The molecule has 0 saturated heterocycles. The van der Waals surface area contributed by atoms with Crippen molar-refractivity contribution in [2.45, 2.75) is 26.5 Å². The van der Waals surface area contributed by atoms with Crippen LogP contribution in [0.25, 0.3) is 0 Å². The van der Waals surface area contributed by atoms with Gasteiger partial charge in [0.2, 0.25) is 0 Å². The molecule has 0 fully saturated rings. The Kier molecular flexibility index (Phi) is 5.84. The highest BCUT2D eigenvalue weighted by atomic mass is 16.5. The Morgan fingerprint density at radius 3 is 2.38 bits per heavy atom. The molecule has 0 unspecified atom stereocenters. The molecule has 1 aromatic heterocycles. The topological polar surface area (TPSA) is 127 Å². The van der Waals surface area contributed by atoms with Crippen molar-refractivity contribution in [2.24, 2.45) is 0 Å².